The van der Waals surface area contributed by atoms with Gasteiger partial charge in [0.1, 0.15) is 0 Å². The number of hydrogen-bond acceptors (Lipinski definition) is 1. The minimum atomic E-state index is 0.543. The highest BCUT2D eigenvalue weighted by Gasteiger charge is 2.31. The van der Waals surface area contributed by atoms with E-state index in [1.54, 1.807) is 0 Å². The van der Waals surface area contributed by atoms with E-state index in [0.29, 0.717) is 5.41 Å². The van der Waals surface area contributed by atoms with Crippen LogP contribution in [0.4, 0.5) is 0 Å². The Kier molecular flexibility index (Phi) is 2.14. The first-order chi connectivity index (χ1) is 3.77. The van der Waals surface area contributed by atoms with Crippen LogP contribution in [0, 0.1) is 5.41 Å². The summed E-state index contributed by atoms with van der Waals surface area (Å²) in [6.45, 7) is 4.25. The Morgan fingerprint density at radius 3 is 2.38 bits per heavy atom. The summed E-state index contributed by atoms with van der Waals surface area (Å²) in [7, 11) is 0. The van der Waals surface area contributed by atoms with Crippen molar-refractivity contribution in [1.29, 1.82) is 0 Å². The van der Waals surface area contributed by atoms with Crippen molar-refractivity contribution in [2.24, 2.45) is 5.41 Å². The molecule has 0 N–H and O–H groups in total. The van der Waals surface area contributed by atoms with Crippen LogP contribution in [-0.4, -0.2) is 17.6 Å². The van der Waals surface area contributed by atoms with Crippen LogP contribution in [-0.2, 0) is 4.74 Å². The fraction of sp³-hybridized carbons (Fsp3) is 1.00. The van der Waals surface area contributed by atoms with Crippen LogP contribution in [0.2, 0.25) is 0 Å². The van der Waals surface area contributed by atoms with Gasteiger partial charge in [-0.15, -0.1) is 0 Å². The molecule has 8 heavy (non-hydrogen) atoms. The zero-order valence-corrected chi connectivity index (χ0v) is 7.27. The van der Waals surface area contributed by atoms with Crippen molar-refractivity contribution in [2.45, 2.75) is 13.3 Å². The summed E-state index contributed by atoms with van der Waals surface area (Å²) in [5.74, 6) is 0. The Bertz CT molecular complexity index is 78.6. The van der Waals surface area contributed by atoms with Crippen LogP contribution >= 0.6 is 22.6 Å². The molecule has 2 heteroatoms. The van der Waals surface area contributed by atoms with Gasteiger partial charge in [-0.05, 0) is 6.42 Å². The van der Waals surface area contributed by atoms with E-state index in [9.17, 15) is 0 Å². The minimum absolute atomic E-state index is 0.543. The second-order valence-electron chi connectivity index (χ2n) is 2.74. The highest BCUT2D eigenvalue weighted by molar-refractivity contribution is 14.1. The Morgan fingerprint density at radius 1 is 1.62 bits per heavy atom. The van der Waals surface area contributed by atoms with E-state index >= 15 is 0 Å². The Morgan fingerprint density at radius 2 is 2.25 bits per heavy atom. The SMILES string of the molecule is CC1(CCI)COC1. The standard InChI is InChI=1S/C6H11IO/c1-6(2-3-7)4-8-5-6/h2-5H2,1H3. The van der Waals surface area contributed by atoms with Crippen LogP contribution in [0.5, 0.6) is 0 Å². The first-order valence-electron chi connectivity index (χ1n) is 2.91. The molecular formula is C6H11IO. The molecule has 0 aromatic carbocycles. The molecule has 1 aliphatic heterocycles. The lowest BCUT2D eigenvalue weighted by Crippen LogP contribution is -2.39. The van der Waals surface area contributed by atoms with Gasteiger partial charge in [0.15, 0.2) is 0 Å². The van der Waals surface area contributed by atoms with Crippen LogP contribution in [0.1, 0.15) is 13.3 Å². The number of ether oxygens (including phenoxy) is 1. The lowest BCUT2D eigenvalue weighted by molar-refractivity contribution is -0.102. The molecule has 0 amide bonds. The third kappa shape index (κ3) is 1.35. The van der Waals surface area contributed by atoms with Crippen LogP contribution in [0.3, 0.4) is 0 Å². The zero-order chi connectivity index (χ0) is 6.04. The van der Waals surface area contributed by atoms with E-state index < -0.39 is 0 Å². The van der Waals surface area contributed by atoms with E-state index in [4.69, 9.17) is 4.74 Å². The molecule has 0 aliphatic carbocycles. The second kappa shape index (κ2) is 2.52. The van der Waals surface area contributed by atoms with Crippen molar-refractivity contribution in [3.63, 3.8) is 0 Å². The Labute approximate surface area is 63.9 Å². The summed E-state index contributed by atoms with van der Waals surface area (Å²) in [6.07, 6.45) is 1.31. The average molecular weight is 226 g/mol. The molecule has 1 saturated heterocycles. The van der Waals surface area contributed by atoms with Gasteiger partial charge >= 0.3 is 0 Å². The monoisotopic (exact) mass is 226 g/mol. The molecule has 1 heterocycles. The lowest BCUT2D eigenvalue weighted by Gasteiger charge is -2.37. The molecule has 0 unspecified atom stereocenters. The molecule has 1 nitrogen and oxygen atoms in total. The van der Waals surface area contributed by atoms with Crippen molar-refractivity contribution < 1.29 is 4.74 Å². The average Bonchev–Trinajstić information content (AvgIpc) is 1.64. The minimum Gasteiger partial charge on any atom is -0.380 e. The van der Waals surface area contributed by atoms with Gasteiger partial charge < -0.3 is 4.74 Å². The van der Waals surface area contributed by atoms with Gasteiger partial charge in [0.25, 0.3) is 0 Å². The second-order valence-corrected chi connectivity index (χ2v) is 3.82. The van der Waals surface area contributed by atoms with Gasteiger partial charge in [-0.2, -0.15) is 0 Å². The molecule has 0 bridgehead atoms. The van der Waals surface area contributed by atoms with Crippen LogP contribution in [0.25, 0.3) is 0 Å². The third-order valence-corrected chi connectivity index (χ3v) is 2.14. The highest BCUT2D eigenvalue weighted by Crippen LogP contribution is 2.30. The molecule has 0 saturated carbocycles. The van der Waals surface area contributed by atoms with Crippen LogP contribution in [0.15, 0.2) is 0 Å². The Hall–Kier alpha value is 0.690. The number of alkyl halides is 1. The number of rotatable bonds is 2. The van der Waals surface area contributed by atoms with Gasteiger partial charge in [0.2, 0.25) is 0 Å². The topological polar surface area (TPSA) is 9.23 Å². The smallest absolute Gasteiger partial charge is 0.0542 e. The molecule has 1 rings (SSSR count). The molecule has 0 spiro atoms. The molecule has 0 radical (unpaired) electrons. The van der Waals surface area contributed by atoms with E-state index in [2.05, 4.69) is 29.5 Å². The van der Waals surface area contributed by atoms with Crippen molar-refractivity contribution in [3.05, 3.63) is 0 Å². The van der Waals surface area contributed by atoms with Gasteiger partial charge in [-0.3, -0.25) is 0 Å². The molecule has 0 aromatic rings. The van der Waals surface area contributed by atoms with Gasteiger partial charge in [-0.25, -0.2) is 0 Å². The molecule has 1 aliphatic rings. The van der Waals surface area contributed by atoms with E-state index in [0.717, 1.165) is 13.2 Å². The maximum Gasteiger partial charge on any atom is 0.0542 e. The molecule has 1 fully saturated rings. The lowest BCUT2D eigenvalue weighted by atomic mass is 9.86. The quantitative estimate of drug-likeness (QED) is 0.515. The summed E-state index contributed by atoms with van der Waals surface area (Å²) in [5.41, 5.74) is 0.543. The van der Waals surface area contributed by atoms with Crippen molar-refractivity contribution in [1.82, 2.24) is 0 Å². The largest absolute Gasteiger partial charge is 0.380 e. The fourth-order valence-corrected chi connectivity index (χ4v) is 2.13. The predicted octanol–water partition coefficient (Wildman–Crippen LogP) is 1.85. The van der Waals surface area contributed by atoms with Crippen LogP contribution < -0.4 is 0 Å². The van der Waals surface area contributed by atoms with Crippen molar-refractivity contribution in [3.8, 4) is 0 Å². The number of hydrogen-bond donors (Lipinski definition) is 0. The summed E-state index contributed by atoms with van der Waals surface area (Å²) < 4.78 is 6.35. The predicted molar refractivity (Wildman–Crippen MR) is 42.4 cm³/mol. The normalized spacial score (nSPS) is 24.8. The third-order valence-electron chi connectivity index (χ3n) is 1.60. The molecule has 0 atom stereocenters. The van der Waals surface area contributed by atoms with E-state index in [1.165, 1.54) is 10.8 Å². The van der Waals surface area contributed by atoms with Gasteiger partial charge in [-0.1, -0.05) is 29.5 Å². The van der Waals surface area contributed by atoms with Gasteiger partial charge in [0.05, 0.1) is 13.2 Å². The summed E-state index contributed by atoms with van der Waals surface area (Å²) in [4.78, 5) is 0. The molecule has 0 aromatic heterocycles. The molecular weight excluding hydrogens is 215 g/mol. The maximum absolute atomic E-state index is 5.09. The van der Waals surface area contributed by atoms with E-state index in [-0.39, 0.29) is 0 Å². The fourth-order valence-electron chi connectivity index (χ4n) is 0.823. The highest BCUT2D eigenvalue weighted by atomic mass is 127. The van der Waals surface area contributed by atoms with Crippen molar-refractivity contribution >= 4 is 22.6 Å². The van der Waals surface area contributed by atoms with E-state index in [1.807, 2.05) is 0 Å². The summed E-state index contributed by atoms with van der Waals surface area (Å²) in [5, 5.41) is 0. The molecule has 48 valence electrons. The summed E-state index contributed by atoms with van der Waals surface area (Å²) in [6, 6.07) is 0. The summed E-state index contributed by atoms with van der Waals surface area (Å²) >= 11 is 2.41. The Balaban J connectivity index is 2.20. The maximum atomic E-state index is 5.09. The number of halogens is 1. The zero-order valence-electron chi connectivity index (χ0n) is 5.11. The van der Waals surface area contributed by atoms with Gasteiger partial charge in [0, 0.05) is 9.84 Å². The van der Waals surface area contributed by atoms with Crippen molar-refractivity contribution in [2.75, 3.05) is 17.6 Å². The first-order valence-corrected chi connectivity index (χ1v) is 4.43. The first kappa shape index (κ1) is 6.81.